The molecule has 18 heteroatoms. The Balaban J connectivity index is 0.824. The molecule has 8 rings (SSSR count). The fraction of sp³-hybridized carbons (Fsp3) is 0.553. The number of hydrogen-bond donors (Lipinski definition) is 3. The number of anilines is 1. The van der Waals surface area contributed by atoms with Crippen molar-refractivity contribution in [2.45, 2.75) is 109 Å². The van der Waals surface area contributed by atoms with Crippen molar-refractivity contribution in [2.75, 3.05) is 42.9 Å². The van der Waals surface area contributed by atoms with Crippen molar-refractivity contribution < 1.29 is 59.0 Å². The number of halogens is 3. The van der Waals surface area contributed by atoms with Crippen LogP contribution in [0.25, 0.3) is 11.1 Å². The van der Waals surface area contributed by atoms with Gasteiger partial charge in [0.1, 0.15) is 6.04 Å². The zero-order valence-electron chi connectivity index (χ0n) is 37.3. The number of fused-ring (bicyclic) bond motifs is 2. The predicted octanol–water partition coefficient (Wildman–Crippen LogP) is 2.25. The monoisotopic (exact) mass is 1010 g/mol. The van der Waals surface area contributed by atoms with Gasteiger partial charge in [0.05, 0.1) is 11.3 Å². The molecule has 0 spiro atoms. The number of piperidine rings is 2. The summed E-state index contributed by atoms with van der Waals surface area (Å²) in [6.45, 7) is 4.90. The van der Waals surface area contributed by atoms with Crippen LogP contribution in [0.4, 0.5) is 19.3 Å². The third-order valence-electron chi connectivity index (χ3n) is 13.9. The molecule has 0 radical (unpaired) electrons. The predicted molar refractivity (Wildman–Crippen MR) is 234 cm³/mol. The van der Waals surface area contributed by atoms with Gasteiger partial charge in [-0.25, -0.2) is 0 Å². The SMILES string of the molecule is CNC(=O)N1CCC(NC2CCN(C(=O)CCCCCCC3=CC=CC4C(=O)N(C5CCC(=O)NC5=O)C(=O)C34C)CC2)=C([I-]N2CCCc3cc(-c4cnn(C)c4)c(C(F)F)cc32)C1. The van der Waals surface area contributed by atoms with Crippen LogP contribution in [-0.4, -0.2) is 112 Å². The van der Waals surface area contributed by atoms with E-state index in [4.69, 9.17) is 0 Å². The summed E-state index contributed by atoms with van der Waals surface area (Å²) in [6, 6.07) is 2.64. The third kappa shape index (κ3) is 9.59. The number of imide groups is 2. The molecule has 3 atom stereocenters. The normalized spacial score (nSPS) is 23.9. The van der Waals surface area contributed by atoms with Crippen LogP contribution >= 0.6 is 0 Å². The Morgan fingerprint density at radius 3 is 2.49 bits per heavy atom. The van der Waals surface area contributed by atoms with E-state index in [1.54, 1.807) is 50.2 Å². The van der Waals surface area contributed by atoms with Crippen molar-refractivity contribution >= 4 is 41.3 Å². The van der Waals surface area contributed by atoms with E-state index in [2.05, 4.69) is 24.2 Å². The number of aromatic nitrogens is 2. The summed E-state index contributed by atoms with van der Waals surface area (Å²) in [5.41, 5.74) is 4.03. The van der Waals surface area contributed by atoms with Gasteiger partial charge in [-0.05, 0) is 26.2 Å². The molecule has 6 heterocycles. The standard InChI is InChI=1S/C47H59F2IN9O6/c1-47-31(12-8-13-35(47)44(63)59(45(47)64)38-15-16-40(60)54-43(38)62)11-6-4-5-7-14-41(61)56-21-17-32(18-22-56)53-37-19-23-57(46(65)51-2)28-36(37)50-58-20-9-10-29-24-33(30-26-52-55(3)27-30)34(42(48)49)25-39(29)58/h8,12-13,24-27,32,35,38,42,53H,4-7,9-11,14-23,28H2,1-3H3,(H,51,65)(H,54,60,62)/q-1. The van der Waals surface area contributed by atoms with Gasteiger partial charge in [0.15, 0.2) is 0 Å². The number of unbranched alkanes of at least 4 members (excludes halogenated alkanes) is 3. The zero-order valence-corrected chi connectivity index (χ0v) is 39.5. The Morgan fingerprint density at radius 1 is 0.985 bits per heavy atom. The van der Waals surface area contributed by atoms with Crippen molar-refractivity contribution in [1.29, 1.82) is 0 Å². The van der Waals surface area contributed by atoms with E-state index in [0.717, 1.165) is 85.3 Å². The first-order valence-corrected chi connectivity index (χ1v) is 25.0. The van der Waals surface area contributed by atoms with Crippen molar-refractivity contribution in [3.63, 3.8) is 0 Å². The average Bonchev–Trinajstić information content (AvgIpc) is 3.82. The number of rotatable bonds is 14. The molecule has 15 nitrogen and oxygen atoms in total. The fourth-order valence-electron chi connectivity index (χ4n) is 10.2. The number of urea groups is 1. The molecule has 6 aliphatic rings. The van der Waals surface area contributed by atoms with Crippen molar-refractivity contribution in [2.24, 2.45) is 18.4 Å². The quantitative estimate of drug-likeness (QED) is 0.111. The molecular weight excluding hydrogens is 951 g/mol. The molecule has 1 aromatic carbocycles. The van der Waals surface area contributed by atoms with Crippen LogP contribution in [0.2, 0.25) is 0 Å². The van der Waals surface area contributed by atoms with Crippen molar-refractivity contribution in [3.8, 4) is 11.1 Å². The Kier molecular flexibility index (Phi) is 14.1. The number of likely N-dealkylation sites (tertiary alicyclic amines) is 2. The van der Waals surface area contributed by atoms with Gasteiger partial charge in [-0.2, -0.15) is 0 Å². The van der Waals surface area contributed by atoms with Crippen molar-refractivity contribution in [1.82, 2.24) is 40.4 Å². The molecule has 350 valence electrons. The average molecular weight is 1010 g/mol. The number of carbonyl (C=O) groups excluding carboxylic acids is 6. The zero-order chi connectivity index (χ0) is 46.0. The summed E-state index contributed by atoms with van der Waals surface area (Å²) < 4.78 is 34.2. The number of nitrogens with one attached hydrogen (secondary N) is 3. The van der Waals surface area contributed by atoms with Crippen LogP contribution in [0.15, 0.2) is 57.6 Å². The topological polar surface area (TPSA) is 169 Å². The second-order valence-corrected chi connectivity index (χ2v) is 21.1. The van der Waals surface area contributed by atoms with Crippen molar-refractivity contribution in [3.05, 3.63) is 68.7 Å². The number of allylic oxidation sites excluding steroid dienone is 2. The van der Waals surface area contributed by atoms with E-state index in [9.17, 15) is 37.5 Å². The number of alkyl halides is 2. The number of amides is 7. The molecule has 2 aromatic rings. The Morgan fingerprint density at radius 2 is 1.77 bits per heavy atom. The van der Waals surface area contributed by atoms with E-state index in [-0.39, 0.29) is 42.3 Å². The summed E-state index contributed by atoms with van der Waals surface area (Å²) in [7, 11) is 3.41. The van der Waals surface area contributed by atoms with Gasteiger partial charge in [-0.3, -0.25) is 29.4 Å². The summed E-state index contributed by atoms with van der Waals surface area (Å²) >= 11 is -0.836. The molecule has 3 N–H and O–H groups in total. The second kappa shape index (κ2) is 19.8. The second-order valence-electron chi connectivity index (χ2n) is 18.1. The molecule has 3 unspecified atom stereocenters. The summed E-state index contributed by atoms with van der Waals surface area (Å²) in [5.74, 6) is -2.34. The van der Waals surface area contributed by atoms with E-state index >= 15 is 0 Å². The van der Waals surface area contributed by atoms with Crippen LogP contribution in [0.5, 0.6) is 0 Å². The molecule has 0 saturated carbocycles. The molecule has 7 amide bonds. The summed E-state index contributed by atoms with van der Waals surface area (Å²) in [4.78, 5) is 82.6. The maximum absolute atomic E-state index is 14.6. The summed E-state index contributed by atoms with van der Waals surface area (Å²) in [5, 5.41) is 13.1. The minimum atomic E-state index is -2.64. The van der Waals surface area contributed by atoms with E-state index in [0.29, 0.717) is 56.6 Å². The Labute approximate surface area is 389 Å². The number of nitrogens with zero attached hydrogens (tertiary/aromatic N) is 6. The Hall–Kier alpha value is -5.14. The first-order valence-electron chi connectivity index (χ1n) is 23.0. The van der Waals surface area contributed by atoms with Crippen LogP contribution in [-0.2, 0) is 37.4 Å². The van der Waals surface area contributed by atoms with Gasteiger partial charge < -0.3 is 0 Å². The molecule has 65 heavy (non-hydrogen) atoms. The molecule has 1 aromatic heterocycles. The fourth-order valence-corrected chi connectivity index (χ4v) is 13.5. The van der Waals surface area contributed by atoms with Crippen LogP contribution in [0.1, 0.15) is 102 Å². The molecule has 3 saturated heterocycles. The number of benzene rings is 1. The Bertz CT molecular complexity index is 2320. The van der Waals surface area contributed by atoms with E-state index in [1.807, 2.05) is 28.0 Å². The van der Waals surface area contributed by atoms with E-state index in [1.165, 1.54) is 3.58 Å². The van der Waals surface area contributed by atoms with Crippen LogP contribution < -0.4 is 40.5 Å². The van der Waals surface area contributed by atoms with E-state index < -0.39 is 63.0 Å². The van der Waals surface area contributed by atoms with Gasteiger partial charge in [0.25, 0.3) is 0 Å². The first kappa shape index (κ1) is 46.4. The minimum absolute atomic E-state index is 0.0000232. The first-order chi connectivity index (χ1) is 31.3. The van der Waals surface area contributed by atoms with Gasteiger partial charge in [-0.15, -0.1) is 0 Å². The van der Waals surface area contributed by atoms with Gasteiger partial charge >= 0.3 is 264 Å². The third-order valence-corrected chi connectivity index (χ3v) is 17.1. The molecule has 1 aliphatic carbocycles. The summed E-state index contributed by atoms with van der Waals surface area (Å²) in [6.07, 6.45) is 14.7. The van der Waals surface area contributed by atoms with Gasteiger partial charge in [-0.1, -0.05) is 23.8 Å². The van der Waals surface area contributed by atoms with Gasteiger partial charge in [0.2, 0.25) is 23.6 Å². The number of hydrogen-bond acceptors (Lipinski definition) is 9. The molecular formula is C47H59F2IN9O6-. The molecule has 0 bridgehead atoms. The van der Waals surface area contributed by atoms with Crippen LogP contribution in [0.3, 0.4) is 0 Å². The maximum atomic E-state index is 14.6. The molecule has 5 aliphatic heterocycles. The van der Waals surface area contributed by atoms with Crippen LogP contribution in [0, 0.1) is 11.3 Å². The van der Waals surface area contributed by atoms with Gasteiger partial charge in [0, 0.05) is 6.42 Å². The number of aryl methyl sites for hydroxylation is 2. The molecule has 3 fully saturated rings. The number of carbonyl (C=O) groups is 6.